The molecule has 0 saturated heterocycles. The summed E-state index contributed by atoms with van der Waals surface area (Å²) in [5.41, 5.74) is 1.39. The van der Waals surface area contributed by atoms with E-state index in [2.05, 4.69) is 30.8 Å². The van der Waals surface area contributed by atoms with Crippen molar-refractivity contribution in [2.45, 2.75) is 6.54 Å². The summed E-state index contributed by atoms with van der Waals surface area (Å²) in [5, 5.41) is 15.7. The van der Waals surface area contributed by atoms with Gasteiger partial charge >= 0.3 is 0 Å². The average molecular weight is 414 g/mol. The maximum Gasteiger partial charge on any atom is 0.248 e. The Kier molecular flexibility index (Phi) is 5.31. The molecule has 0 aliphatic heterocycles. The predicted molar refractivity (Wildman–Crippen MR) is 105 cm³/mol. The minimum atomic E-state index is 0.362. The molecule has 0 bridgehead atoms. The van der Waals surface area contributed by atoms with E-state index in [9.17, 15) is 0 Å². The number of hydrogen-bond donors (Lipinski definition) is 1. The van der Waals surface area contributed by atoms with Gasteiger partial charge < -0.3 is 10.1 Å². The Morgan fingerprint density at radius 3 is 2.79 bits per heavy atom. The van der Waals surface area contributed by atoms with Gasteiger partial charge in [-0.15, -0.1) is 0 Å². The van der Waals surface area contributed by atoms with Gasteiger partial charge in [-0.2, -0.15) is 4.68 Å². The van der Waals surface area contributed by atoms with Crippen molar-refractivity contribution in [3.63, 3.8) is 0 Å². The summed E-state index contributed by atoms with van der Waals surface area (Å²) in [6.07, 6.45) is 4.95. The van der Waals surface area contributed by atoms with Gasteiger partial charge in [-0.05, 0) is 40.8 Å². The number of rotatable bonds is 6. The van der Waals surface area contributed by atoms with E-state index < -0.39 is 0 Å². The summed E-state index contributed by atoms with van der Waals surface area (Å²) in [5.74, 6) is 1.46. The van der Waals surface area contributed by atoms with Gasteiger partial charge in [0.15, 0.2) is 0 Å². The minimum absolute atomic E-state index is 0.362. The third kappa shape index (κ3) is 3.88. The summed E-state index contributed by atoms with van der Waals surface area (Å²) in [7, 11) is 0. The number of nitrogens with one attached hydrogen (secondary N) is 1. The van der Waals surface area contributed by atoms with Crippen LogP contribution in [0.2, 0.25) is 10.0 Å². The Morgan fingerprint density at radius 1 is 1.04 bits per heavy atom. The van der Waals surface area contributed by atoms with Crippen LogP contribution in [0, 0.1) is 0 Å². The van der Waals surface area contributed by atoms with E-state index in [0.29, 0.717) is 39.9 Å². The number of nitrogens with zero attached hydrogens (tertiary/aromatic N) is 6. The van der Waals surface area contributed by atoms with Crippen LogP contribution >= 0.6 is 23.2 Å². The molecule has 28 heavy (non-hydrogen) atoms. The van der Waals surface area contributed by atoms with Crippen LogP contribution in [0.1, 0.15) is 5.56 Å². The summed E-state index contributed by atoms with van der Waals surface area (Å²) in [4.78, 5) is 8.33. The van der Waals surface area contributed by atoms with Crippen LogP contribution in [0.15, 0.2) is 61.1 Å². The SMILES string of the molecule is Clc1cccc(-n2nnnc2NCc2cccnc2Oc2cccnc2)c1Cl. The molecular formula is C18H13Cl2N7O. The molecule has 1 aromatic carbocycles. The molecule has 140 valence electrons. The topological polar surface area (TPSA) is 90.6 Å². The largest absolute Gasteiger partial charge is 0.437 e. The molecule has 0 saturated carbocycles. The van der Waals surface area contributed by atoms with E-state index in [1.165, 1.54) is 4.68 Å². The van der Waals surface area contributed by atoms with Crippen LogP contribution in [0.4, 0.5) is 5.95 Å². The molecular weight excluding hydrogens is 401 g/mol. The van der Waals surface area contributed by atoms with E-state index in [-0.39, 0.29) is 0 Å². The lowest BCUT2D eigenvalue weighted by Crippen LogP contribution is -2.09. The molecule has 4 rings (SSSR count). The fraction of sp³-hybridized carbons (Fsp3) is 0.0556. The van der Waals surface area contributed by atoms with E-state index in [0.717, 1.165) is 5.56 Å². The lowest BCUT2D eigenvalue weighted by atomic mass is 10.2. The van der Waals surface area contributed by atoms with Crippen LogP contribution in [0.3, 0.4) is 0 Å². The van der Waals surface area contributed by atoms with Crippen molar-refractivity contribution >= 4 is 29.2 Å². The van der Waals surface area contributed by atoms with Crippen molar-refractivity contribution in [1.82, 2.24) is 30.2 Å². The standard InChI is InChI=1S/C18H13Cl2N7O/c19-14-6-1-7-15(16(14)20)27-18(24-25-26-27)23-10-12-4-2-9-22-17(12)28-13-5-3-8-21-11-13/h1-9,11H,10H2,(H,23,24,26). The first kappa shape index (κ1) is 18.1. The van der Waals surface area contributed by atoms with Gasteiger partial charge in [-0.25, -0.2) is 4.98 Å². The zero-order chi connectivity index (χ0) is 19.3. The second-order valence-electron chi connectivity index (χ2n) is 5.60. The molecule has 1 N–H and O–H groups in total. The molecule has 10 heteroatoms. The number of tetrazole rings is 1. The predicted octanol–water partition coefficient (Wildman–Crippen LogP) is 4.16. The zero-order valence-corrected chi connectivity index (χ0v) is 15.8. The highest BCUT2D eigenvalue weighted by Crippen LogP contribution is 2.29. The molecule has 4 aromatic rings. The van der Waals surface area contributed by atoms with Gasteiger partial charge in [0.05, 0.1) is 21.9 Å². The molecule has 0 spiro atoms. The second-order valence-corrected chi connectivity index (χ2v) is 6.38. The zero-order valence-electron chi connectivity index (χ0n) is 14.3. The first-order chi connectivity index (χ1) is 13.7. The molecule has 0 unspecified atom stereocenters. The van der Waals surface area contributed by atoms with E-state index >= 15 is 0 Å². The van der Waals surface area contributed by atoms with Crippen LogP contribution in [0.5, 0.6) is 11.6 Å². The van der Waals surface area contributed by atoms with E-state index in [4.69, 9.17) is 27.9 Å². The maximum absolute atomic E-state index is 6.28. The Morgan fingerprint density at radius 2 is 1.93 bits per heavy atom. The van der Waals surface area contributed by atoms with Crippen LogP contribution in [0.25, 0.3) is 5.69 Å². The van der Waals surface area contributed by atoms with Crippen molar-refractivity contribution in [3.8, 4) is 17.3 Å². The lowest BCUT2D eigenvalue weighted by molar-refractivity contribution is 0.455. The Hall–Kier alpha value is -3.23. The van der Waals surface area contributed by atoms with Gasteiger partial charge in [0.2, 0.25) is 11.8 Å². The van der Waals surface area contributed by atoms with Gasteiger partial charge in [-0.3, -0.25) is 4.98 Å². The average Bonchev–Trinajstić information content (AvgIpc) is 3.18. The van der Waals surface area contributed by atoms with Crippen molar-refractivity contribution < 1.29 is 4.74 Å². The highest BCUT2D eigenvalue weighted by atomic mass is 35.5. The minimum Gasteiger partial charge on any atom is -0.437 e. The van der Waals surface area contributed by atoms with Crippen LogP contribution < -0.4 is 10.1 Å². The second kappa shape index (κ2) is 8.20. The summed E-state index contributed by atoms with van der Waals surface area (Å²) >= 11 is 12.4. The van der Waals surface area contributed by atoms with Crippen LogP contribution in [-0.2, 0) is 6.54 Å². The molecule has 3 aromatic heterocycles. The fourth-order valence-corrected chi connectivity index (χ4v) is 2.84. The quantitative estimate of drug-likeness (QED) is 0.507. The first-order valence-electron chi connectivity index (χ1n) is 8.21. The van der Waals surface area contributed by atoms with Gasteiger partial charge in [-0.1, -0.05) is 40.4 Å². The van der Waals surface area contributed by atoms with E-state index in [1.54, 1.807) is 48.9 Å². The number of halogens is 2. The molecule has 0 radical (unpaired) electrons. The first-order valence-corrected chi connectivity index (χ1v) is 8.96. The van der Waals surface area contributed by atoms with Crippen molar-refractivity contribution in [2.75, 3.05) is 5.32 Å². The Labute approximate surface area is 170 Å². The Bertz CT molecular complexity index is 1090. The molecule has 0 aliphatic carbocycles. The monoisotopic (exact) mass is 413 g/mol. The summed E-state index contributed by atoms with van der Waals surface area (Å²) in [6.45, 7) is 0.377. The summed E-state index contributed by atoms with van der Waals surface area (Å²) < 4.78 is 7.30. The molecule has 8 nitrogen and oxygen atoms in total. The lowest BCUT2D eigenvalue weighted by Gasteiger charge is -2.11. The summed E-state index contributed by atoms with van der Waals surface area (Å²) in [6, 6.07) is 12.6. The number of pyridine rings is 2. The highest BCUT2D eigenvalue weighted by Gasteiger charge is 2.14. The Balaban J connectivity index is 1.55. The number of anilines is 1. The molecule has 0 aliphatic rings. The molecule has 0 amide bonds. The van der Waals surface area contributed by atoms with Gasteiger partial charge in [0.25, 0.3) is 0 Å². The number of benzene rings is 1. The number of ether oxygens (including phenoxy) is 1. The highest BCUT2D eigenvalue weighted by molar-refractivity contribution is 6.43. The van der Waals surface area contributed by atoms with Gasteiger partial charge in [0, 0.05) is 24.5 Å². The van der Waals surface area contributed by atoms with Crippen molar-refractivity contribution in [2.24, 2.45) is 0 Å². The normalized spacial score (nSPS) is 10.6. The molecule has 3 heterocycles. The van der Waals surface area contributed by atoms with Crippen molar-refractivity contribution in [1.29, 1.82) is 0 Å². The maximum atomic E-state index is 6.28. The number of hydrogen-bond acceptors (Lipinski definition) is 7. The van der Waals surface area contributed by atoms with Crippen LogP contribution in [-0.4, -0.2) is 30.2 Å². The third-order valence-corrected chi connectivity index (χ3v) is 4.57. The fourth-order valence-electron chi connectivity index (χ4n) is 2.46. The smallest absolute Gasteiger partial charge is 0.248 e. The van der Waals surface area contributed by atoms with E-state index in [1.807, 2.05) is 12.1 Å². The molecule has 0 fully saturated rings. The molecule has 0 atom stereocenters. The van der Waals surface area contributed by atoms with Crippen molar-refractivity contribution in [3.05, 3.63) is 76.7 Å². The van der Waals surface area contributed by atoms with Gasteiger partial charge in [0.1, 0.15) is 5.75 Å². The third-order valence-electron chi connectivity index (χ3n) is 3.76. The number of aromatic nitrogens is 6.